The van der Waals surface area contributed by atoms with Gasteiger partial charge in [0.1, 0.15) is 0 Å². The van der Waals surface area contributed by atoms with E-state index in [-0.39, 0.29) is 12.6 Å². The predicted octanol–water partition coefficient (Wildman–Crippen LogP) is 3.40. The average molecular weight is 232 g/mol. The van der Waals surface area contributed by atoms with Crippen molar-refractivity contribution < 1.29 is 22.6 Å². The Morgan fingerprint density at radius 1 is 1.36 bits per heavy atom. The van der Waals surface area contributed by atoms with E-state index in [9.17, 15) is 22.6 Å². The molecule has 1 N–H and O–H groups in total. The fourth-order valence-electron chi connectivity index (χ4n) is 1.31. The van der Waals surface area contributed by atoms with Crippen LogP contribution in [0, 0.1) is 0 Å². The molecular formula is C8H16F3O2P. The first kappa shape index (κ1) is 14.0. The van der Waals surface area contributed by atoms with Gasteiger partial charge in [0.15, 0.2) is 0 Å². The van der Waals surface area contributed by atoms with Gasteiger partial charge in [-0.05, 0) is 6.42 Å². The van der Waals surface area contributed by atoms with Crippen molar-refractivity contribution in [2.45, 2.75) is 44.9 Å². The molecule has 0 amide bonds. The third-order valence-electron chi connectivity index (χ3n) is 2.11. The van der Waals surface area contributed by atoms with Crippen LogP contribution in [0.15, 0.2) is 0 Å². The molecule has 2 atom stereocenters. The molecule has 0 aromatic carbocycles. The minimum atomic E-state index is -4.35. The van der Waals surface area contributed by atoms with Crippen molar-refractivity contribution in [3.63, 3.8) is 0 Å². The molecule has 86 valence electrons. The Kier molecular flexibility index (Phi) is 5.16. The van der Waals surface area contributed by atoms with E-state index in [1.54, 1.807) is 6.92 Å². The van der Waals surface area contributed by atoms with Gasteiger partial charge in [0.2, 0.25) is 7.37 Å². The second-order valence-electron chi connectivity index (χ2n) is 3.33. The molecule has 0 heterocycles. The zero-order valence-corrected chi connectivity index (χ0v) is 9.24. The van der Waals surface area contributed by atoms with Crippen LogP contribution in [0.1, 0.15) is 33.1 Å². The van der Waals surface area contributed by atoms with Gasteiger partial charge in [-0.15, -0.1) is 0 Å². The Bertz CT molecular complexity index is 215. The van der Waals surface area contributed by atoms with Gasteiger partial charge in [0.25, 0.3) is 0 Å². The normalized spacial score (nSPS) is 19.0. The van der Waals surface area contributed by atoms with E-state index in [4.69, 9.17) is 0 Å². The van der Waals surface area contributed by atoms with Crippen LogP contribution in [0.5, 0.6) is 0 Å². The molecule has 0 saturated heterocycles. The molecule has 0 spiro atoms. The summed E-state index contributed by atoms with van der Waals surface area (Å²) in [6.45, 7) is 3.15. The topological polar surface area (TPSA) is 37.3 Å². The minimum Gasteiger partial charge on any atom is -0.344 e. The molecule has 2 unspecified atom stereocenters. The molecule has 0 aromatic heterocycles. The van der Waals surface area contributed by atoms with Crippen LogP contribution in [0.4, 0.5) is 13.2 Å². The van der Waals surface area contributed by atoms with Crippen molar-refractivity contribution in [2.24, 2.45) is 0 Å². The average Bonchev–Trinajstić information content (AvgIpc) is 2.01. The van der Waals surface area contributed by atoms with Crippen molar-refractivity contribution in [3.05, 3.63) is 0 Å². The minimum absolute atomic E-state index is 0.0895. The molecule has 0 rings (SSSR count). The first-order valence-corrected chi connectivity index (χ1v) is 6.52. The highest BCUT2D eigenvalue weighted by molar-refractivity contribution is 7.58. The fourth-order valence-corrected chi connectivity index (χ4v) is 2.98. The van der Waals surface area contributed by atoms with Gasteiger partial charge in [-0.1, -0.05) is 20.3 Å². The van der Waals surface area contributed by atoms with Crippen LogP contribution in [-0.4, -0.2) is 22.9 Å². The second kappa shape index (κ2) is 5.17. The molecule has 0 aliphatic carbocycles. The Morgan fingerprint density at radius 3 is 2.14 bits per heavy atom. The largest absolute Gasteiger partial charge is 0.389 e. The summed E-state index contributed by atoms with van der Waals surface area (Å²) in [6, 6.07) is 0. The van der Waals surface area contributed by atoms with Crippen molar-refractivity contribution in [1.82, 2.24) is 0 Å². The van der Waals surface area contributed by atoms with E-state index in [1.807, 2.05) is 0 Å². The van der Waals surface area contributed by atoms with E-state index in [0.29, 0.717) is 6.42 Å². The maximum absolute atomic E-state index is 12.1. The molecule has 0 aliphatic heterocycles. The van der Waals surface area contributed by atoms with Crippen LogP contribution in [0.3, 0.4) is 0 Å². The Hall–Kier alpha value is -0.0200. The molecule has 6 heteroatoms. The highest BCUT2D eigenvalue weighted by Crippen LogP contribution is 2.51. The van der Waals surface area contributed by atoms with E-state index < -0.39 is 25.6 Å². The lowest BCUT2D eigenvalue weighted by molar-refractivity contribution is -0.135. The molecule has 0 radical (unpaired) electrons. The van der Waals surface area contributed by atoms with Crippen LogP contribution in [-0.2, 0) is 4.57 Å². The lowest BCUT2D eigenvalue weighted by atomic mass is 10.2. The molecule has 0 aromatic rings. The summed E-state index contributed by atoms with van der Waals surface area (Å²) < 4.78 is 47.6. The SMILES string of the molecule is CCCC(CC(F)(F)F)P(=O)(O)CC. The van der Waals surface area contributed by atoms with Gasteiger partial charge in [0, 0.05) is 11.8 Å². The predicted molar refractivity (Wildman–Crippen MR) is 49.7 cm³/mol. The number of hydrogen-bond donors (Lipinski definition) is 1. The molecule has 0 fully saturated rings. The molecule has 0 saturated carbocycles. The highest BCUT2D eigenvalue weighted by atomic mass is 31.2. The van der Waals surface area contributed by atoms with E-state index in [2.05, 4.69) is 0 Å². The standard InChI is InChI=1S/C8H16F3O2P/c1-3-5-7(6-8(9,10)11)14(12,13)4-2/h7H,3-6H2,1-2H3,(H,12,13). The van der Waals surface area contributed by atoms with Gasteiger partial charge in [-0.25, -0.2) is 0 Å². The fraction of sp³-hybridized carbons (Fsp3) is 1.00. The molecule has 2 nitrogen and oxygen atoms in total. The van der Waals surface area contributed by atoms with Crippen LogP contribution >= 0.6 is 7.37 Å². The van der Waals surface area contributed by atoms with Gasteiger partial charge in [-0.2, -0.15) is 13.2 Å². The number of hydrogen-bond acceptors (Lipinski definition) is 1. The van der Waals surface area contributed by atoms with Crippen molar-refractivity contribution in [1.29, 1.82) is 0 Å². The van der Waals surface area contributed by atoms with Gasteiger partial charge in [0.05, 0.1) is 6.42 Å². The number of alkyl halides is 3. The zero-order valence-electron chi connectivity index (χ0n) is 8.34. The number of halogens is 3. The van der Waals surface area contributed by atoms with E-state index >= 15 is 0 Å². The second-order valence-corrected chi connectivity index (χ2v) is 6.21. The summed E-state index contributed by atoms with van der Waals surface area (Å²) >= 11 is 0. The maximum Gasteiger partial charge on any atom is 0.389 e. The third kappa shape index (κ3) is 5.01. The monoisotopic (exact) mass is 232 g/mol. The quantitative estimate of drug-likeness (QED) is 0.737. The summed E-state index contributed by atoms with van der Waals surface area (Å²) in [5, 5.41) is 0. The van der Waals surface area contributed by atoms with Crippen molar-refractivity contribution in [2.75, 3.05) is 6.16 Å². The summed E-state index contributed by atoms with van der Waals surface area (Å²) in [5.74, 6) is 0. The summed E-state index contributed by atoms with van der Waals surface area (Å²) in [5.41, 5.74) is -1.13. The van der Waals surface area contributed by atoms with Gasteiger partial charge in [-0.3, -0.25) is 4.57 Å². The number of rotatable bonds is 5. The highest BCUT2D eigenvalue weighted by Gasteiger charge is 2.39. The van der Waals surface area contributed by atoms with Crippen molar-refractivity contribution >= 4 is 7.37 Å². The van der Waals surface area contributed by atoms with Gasteiger partial charge < -0.3 is 4.89 Å². The Labute approximate surface area is 82.0 Å². The van der Waals surface area contributed by atoms with Crippen LogP contribution in [0.2, 0.25) is 0 Å². The lowest BCUT2D eigenvalue weighted by Crippen LogP contribution is -2.20. The van der Waals surface area contributed by atoms with E-state index in [0.717, 1.165) is 0 Å². The molecule has 0 aliphatic rings. The first-order chi connectivity index (χ1) is 6.23. The molecule has 14 heavy (non-hydrogen) atoms. The van der Waals surface area contributed by atoms with E-state index in [1.165, 1.54) is 6.92 Å². The first-order valence-electron chi connectivity index (χ1n) is 4.61. The smallest absolute Gasteiger partial charge is 0.344 e. The Morgan fingerprint density at radius 2 is 1.86 bits per heavy atom. The van der Waals surface area contributed by atoms with Crippen LogP contribution in [0.25, 0.3) is 0 Å². The Balaban J connectivity index is 4.53. The van der Waals surface area contributed by atoms with Gasteiger partial charge >= 0.3 is 6.18 Å². The third-order valence-corrected chi connectivity index (χ3v) is 4.60. The van der Waals surface area contributed by atoms with Crippen LogP contribution < -0.4 is 0 Å². The molecular weight excluding hydrogens is 216 g/mol. The summed E-state index contributed by atoms with van der Waals surface area (Å²) in [4.78, 5) is 9.33. The summed E-state index contributed by atoms with van der Waals surface area (Å²) in [6.07, 6.45) is -4.95. The van der Waals surface area contributed by atoms with Crippen molar-refractivity contribution in [3.8, 4) is 0 Å². The molecule has 0 bridgehead atoms. The summed E-state index contributed by atoms with van der Waals surface area (Å²) in [7, 11) is -3.62. The lowest BCUT2D eigenvalue weighted by Gasteiger charge is -2.22. The zero-order chi connectivity index (χ0) is 11.4. The maximum atomic E-state index is 12.1.